The maximum Gasteiger partial charge on any atom is 0.337 e. The van der Waals surface area contributed by atoms with E-state index in [2.05, 4.69) is 31.4 Å². The second-order valence-electron chi connectivity index (χ2n) is 8.93. The monoisotopic (exact) mass is 476 g/mol. The summed E-state index contributed by atoms with van der Waals surface area (Å²) in [6, 6.07) is 0. The highest BCUT2D eigenvalue weighted by Gasteiger charge is 2.58. The van der Waals surface area contributed by atoms with E-state index in [0.29, 0.717) is 11.8 Å². The molecule has 0 radical (unpaired) electrons. The lowest BCUT2D eigenvalue weighted by Crippen LogP contribution is -2.59. The fourth-order valence-corrected chi connectivity index (χ4v) is 5.54. The lowest BCUT2D eigenvalue weighted by Gasteiger charge is -2.60. The van der Waals surface area contributed by atoms with Gasteiger partial charge in [0.05, 0.1) is 12.7 Å². The molecule has 34 heavy (non-hydrogen) atoms. The summed E-state index contributed by atoms with van der Waals surface area (Å²) in [5, 5.41) is 16.0. The van der Waals surface area contributed by atoms with Crippen molar-refractivity contribution in [2.24, 2.45) is 23.7 Å². The van der Waals surface area contributed by atoms with Crippen LogP contribution >= 0.6 is 0 Å². The first-order chi connectivity index (χ1) is 15.9. The van der Waals surface area contributed by atoms with Crippen molar-refractivity contribution in [1.82, 2.24) is 0 Å². The zero-order valence-electron chi connectivity index (χ0n) is 20.2. The first kappa shape index (κ1) is 28.9. The van der Waals surface area contributed by atoms with E-state index in [4.69, 9.17) is 14.9 Å². The highest BCUT2D eigenvalue weighted by Crippen LogP contribution is 2.60. The number of ether oxygens (including phenoxy) is 2. The quantitative estimate of drug-likeness (QED) is 0.316. The van der Waals surface area contributed by atoms with Crippen LogP contribution in [0.3, 0.4) is 0 Å². The number of esters is 2. The van der Waals surface area contributed by atoms with E-state index in [1.807, 2.05) is 0 Å². The Labute approximate surface area is 201 Å². The number of methoxy groups -OCH3 is 1. The Morgan fingerprint density at radius 2 is 1.44 bits per heavy atom. The van der Waals surface area contributed by atoms with E-state index in [0.717, 1.165) is 30.4 Å². The average molecular weight is 477 g/mol. The molecule has 4 bridgehead atoms. The van der Waals surface area contributed by atoms with Crippen molar-refractivity contribution in [1.29, 1.82) is 0 Å². The molecule has 0 unspecified atom stereocenters. The molecule has 4 aliphatic rings. The van der Waals surface area contributed by atoms with Crippen LogP contribution in [0.4, 0.5) is 0 Å². The average Bonchev–Trinajstić information content (AvgIpc) is 2.80. The molecule has 4 fully saturated rings. The summed E-state index contributed by atoms with van der Waals surface area (Å²) in [6.07, 6.45) is 10.9. The molecular weight excluding hydrogens is 440 g/mol. The van der Waals surface area contributed by atoms with Gasteiger partial charge in [-0.3, -0.25) is 0 Å². The largest absolute Gasteiger partial charge is 0.478 e. The first-order valence-electron chi connectivity index (χ1n) is 11.3. The standard InChI is InChI=1S/C15H22O2.C8H10O4.C3H4O2/c1-3-14(16)17-15(4-2)12-6-10-5-11(8-12)9-13(15)7-10;1-5(7(9)10)4-6(2)8(11)12-3;1-2-3(4)5/h3,10-13H,1,4-9H2,2H3;4H,2H2,1,3H3,(H,9,10);2H,1H2,(H,4,5). The summed E-state index contributed by atoms with van der Waals surface area (Å²) in [6.45, 7) is 13.4. The van der Waals surface area contributed by atoms with Crippen LogP contribution in [-0.4, -0.2) is 46.8 Å². The van der Waals surface area contributed by atoms with Gasteiger partial charge in [-0.05, 0) is 75.2 Å². The molecule has 0 aromatic heterocycles. The third-order valence-corrected chi connectivity index (χ3v) is 6.88. The predicted octanol–water partition coefficient (Wildman–Crippen LogP) is 4.32. The Hall–Kier alpha value is -3.16. The van der Waals surface area contributed by atoms with Gasteiger partial charge in [0.1, 0.15) is 5.60 Å². The highest BCUT2D eigenvalue weighted by molar-refractivity contribution is 5.94. The normalized spacial score (nSPS) is 28.1. The van der Waals surface area contributed by atoms with Crippen molar-refractivity contribution in [3.8, 4) is 0 Å². The van der Waals surface area contributed by atoms with Crippen LogP contribution in [0, 0.1) is 23.7 Å². The third kappa shape index (κ3) is 7.43. The number of carbonyl (C=O) groups is 4. The van der Waals surface area contributed by atoms with Crippen molar-refractivity contribution < 1.29 is 38.9 Å². The third-order valence-electron chi connectivity index (χ3n) is 6.88. The summed E-state index contributed by atoms with van der Waals surface area (Å²) in [5.74, 6) is 0.152. The molecular formula is C26H36O8. The van der Waals surface area contributed by atoms with Crippen molar-refractivity contribution >= 4 is 23.9 Å². The molecule has 188 valence electrons. The van der Waals surface area contributed by atoms with E-state index in [-0.39, 0.29) is 22.7 Å². The minimum Gasteiger partial charge on any atom is -0.478 e. The van der Waals surface area contributed by atoms with E-state index in [1.54, 1.807) is 0 Å². The minimum atomic E-state index is -1.08. The maximum absolute atomic E-state index is 11.6. The molecule has 0 aromatic carbocycles. The minimum absolute atomic E-state index is 0.0254. The fraction of sp³-hybridized carbons (Fsp3) is 0.538. The molecule has 4 aliphatic carbocycles. The molecule has 0 aliphatic heterocycles. The number of hydrogen-bond acceptors (Lipinski definition) is 6. The number of carboxylic acids is 2. The first-order valence-corrected chi connectivity index (χ1v) is 11.3. The number of hydrogen-bond donors (Lipinski definition) is 2. The maximum atomic E-state index is 11.6. The Balaban J connectivity index is 0.000000298. The van der Waals surface area contributed by atoms with Crippen LogP contribution in [0.1, 0.15) is 52.4 Å². The van der Waals surface area contributed by atoms with E-state index in [9.17, 15) is 19.2 Å². The van der Waals surface area contributed by atoms with Crippen LogP contribution in [0.25, 0.3) is 0 Å². The summed E-state index contributed by atoms with van der Waals surface area (Å²) in [4.78, 5) is 41.9. The molecule has 0 aromatic rings. The van der Waals surface area contributed by atoms with Gasteiger partial charge in [0.2, 0.25) is 0 Å². The lowest BCUT2D eigenvalue weighted by molar-refractivity contribution is -0.206. The van der Waals surface area contributed by atoms with Gasteiger partial charge >= 0.3 is 23.9 Å². The molecule has 0 spiro atoms. The Morgan fingerprint density at radius 3 is 1.76 bits per heavy atom. The molecule has 4 saturated carbocycles. The number of carbonyl (C=O) groups excluding carboxylic acids is 2. The van der Waals surface area contributed by atoms with Crippen molar-refractivity contribution in [3.63, 3.8) is 0 Å². The number of carboxylic acid groups (broad SMARTS) is 2. The Morgan fingerprint density at radius 1 is 0.971 bits per heavy atom. The van der Waals surface area contributed by atoms with Crippen LogP contribution in [-0.2, 0) is 28.7 Å². The summed E-state index contributed by atoms with van der Waals surface area (Å²) in [5.41, 5.74) is -0.0820. The molecule has 0 heterocycles. The van der Waals surface area contributed by atoms with Crippen molar-refractivity contribution in [3.05, 3.63) is 49.1 Å². The van der Waals surface area contributed by atoms with Gasteiger partial charge in [0, 0.05) is 17.7 Å². The Bertz CT molecular complexity index is 823. The molecule has 0 saturated heterocycles. The SMILES string of the molecule is C=C(C=C(C)C(=O)O)C(=O)OC.C=CC(=O)O.C=CC(=O)OC1(CC)C2CC3CC(C2)CC1C3. The van der Waals surface area contributed by atoms with Crippen molar-refractivity contribution in [2.75, 3.05) is 7.11 Å². The smallest absolute Gasteiger partial charge is 0.337 e. The second-order valence-corrected chi connectivity index (χ2v) is 8.93. The predicted molar refractivity (Wildman–Crippen MR) is 127 cm³/mol. The van der Waals surface area contributed by atoms with Gasteiger partial charge in [-0.25, -0.2) is 19.2 Å². The molecule has 0 atom stereocenters. The zero-order valence-corrected chi connectivity index (χ0v) is 20.2. The van der Waals surface area contributed by atoms with Crippen molar-refractivity contribution in [2.45, 2.75) is 58.0 Å². The van der Waals surface area contributed by atoms with Crippen LogP contribution in [0.5, 0.6) is 0 Å². The summed E-state index contributed by atoms with van der Waals surface area (Å²) >= 11 is 0. The molecule has 2 N–H and O–H groups in total. The van der Waals surface area contributed by atoms with Gasteiger partial charge in [-0.2, -0.15) is 0 Å². The highest BCUT2D eigenvalue weighted by atomic mass is 16.6. The van der Waals surface area contributed by atoms with Gasteiger partial charge in [-0.1, -0.05) is 26.7 Å². The molecule has 8 heteroatoms. The van der Waals surface area contributed by atoms with Crippen LogP contribution in [0.2, 0.25) is 0 Å². The topological polar surface area (TPSA) is 127 Å². The lowest BCUT2D eigenvalue weighted by atomic mass is 9.49. The molecule has 8 nitrogen and oxygen atoms in total. The zero-order chi connectivity index (χ0) is 26.1. The number of aliphatic carboxylic acids is 2. The summed E-state index contributed by atoms with van der Waals surface area (Å²) < 4.78 is 10.2. The van der Waals surface area contributed by atoms with E-state index < -0.39 is 17.9 Å². The van der Waals surface area contributed by atoms with Gasteiger partial charge in [0.15, 0.2) is 0 Å². The molecule has 4 rings (SSSR count). The van der Waals surface area contributed by atoms with Gasteiger partial charge in [0.25, 0.3) is 0 Å². The Kier molecular flexibility index (Phi) is 11.0. The van der Waals surface area contributed by atoms with Crippen LogP contribution < -0.4 is 0 Å². The molecule has 0 amide bonds. The fourth-order valence-electron chi connectivity index (χ4n) is 5.54. The van der Waals surface area contributed by atoms with E-state index in [1.165, 1.54) is 52.2 Å². The number of rotatable bonds is 7. The second kappa shape index (κ2) is 12.9. The van der Waals surface area contributed by atoms with Crippen LogP contribution in [0.15, 0.2) is 49.1 Å². The summed E-state index contributed by atoms with van der Waals surface area (Å²) in [7, 11) is 1.21. The van der Waals surface area contributed by atoms with E-state index >= 15 is 0 Å². The van der Waals surface area contributed by atoms with Gasteiger partial charge in [-0.15, -0.1) is 0 Å². The van der Waals surface area contributed by atoms with Gasteiger partial charge < -0.3 is 19.7 Å².